The third-order valence-corrected chi connectivity index (χ3v) is 6.71. The predicted molar refractivity (Wildman–Crippen MR) is 130 cm³/mol. The maximum absolute atomic E-state index is 13.0. The lowest BCUT2D eigenvalue weighted by molar-refractivity contribution is 0.0617. The molecule has 3 aromatic rings. The zero-order valence-electron chi connectivity index (χ0n) is 19.0. The number of fused-ring (bicyclic) bond motifs is 1. The van der Waals surface area contributed by atoms with E-state index in [1.54, 1.807) is 18.9 Å². The van der Waals surface area contributed by atoms with E-state index in [-0.39, 0.29) is 17.6 Å². The number of methoxy groups -OCH3 is 1. The second-order valence-electron chi connectivity index (χ2n) is 8.79. The highest BCUT2D eigenvalue weighted by molar-refractivity contribution is 7.98. The highest BCUT2D eigenvalue weighted by atomic mass is 32.2. The Morgan fingerprint density at radius 1 is 1.09 bits per heavy atom. The first kappa shape index (κ1) is 22.3. The van der Waals surface area contributed by atoms with Crippen LogP contribution in [0.2, 0.25) is 0 Å². The Morgan fingerprint density at radius 2 is 1.81 bits per heavy atom. The van der Waals surface area contributed by atoms with Gasteiger partial charge in [0.05, 0.1) is 13.2 Å². The number of ether oxygens (including phenoxy) is 2. The van der Waals surface area contributed by atoms with Gasteiger partial charge in [-0.25, -0.2) is 0 Å². The molecule has 0 unspecified atom stereocenters. The maximum atomic E-state index is 13.0. The fraction of sp³-hybridized carbons (Fsp3) is 0.296. The Labute approximate surface area is 194 Å². The number of rotatable bonds is 6. The summed E-state index contributed by atoms with van der Waals surface area (Å²) in [5, 5.41) is 3.20. The van der Waals surface area contributed by atoms with Crippen molar-refractivity contribution < 1.29 is 14.3 Å². The first-order valence-corrected chi connectivity index (χ1v) is 11.8. The van der Waals surface area contributed by atoms with Crippen molar-refractivity contribution in [3.05, 3.63) is 89.0 Å². The average molecular weight is 448 g/mol. The zero-order chi connectivity index (χ0) is 22.7. The summed E-state index contributed by atoms with van der Waals surface area (Å²) in [4.78, 5) is 14.2. The number of benzene rings is 3. The molecule has 1 amide bonds. The van der Waals surface area contributed by atoms with E-state index in [2.05, 4.69) is 36.5 Å². The molecule has 1 N–H and O–H groups in total. The largest absolute Gasteiger partial charge is 0.497 e. The number of hydrogen-bond acceptors (Lipinski definition) is 4. The molecular weight excluding hydrogens is 418 g/mol. The summed E-state index contributed by atoms with van der Waals surface area (Å²) in [5.41, 5.74) is 3.71. The van der Waals surface area contributed by atoms with Crippen molar-refractivity contribution in [1.29, 1.82) is 0 Å². The molecule has 0 saturated carbocycles. The van der Waals surface area contributed by atoms with Crippen LogP contribution in [0.15, 0.2) is 71.6 Å². The van der Waals surface area contributed by atoms with Crippen molar-refractivity contribution in [2.75, 3.05) is 7.11 Å². The molecule has 1 heterocycles. The molecule has 0 spiro atoms. The van der Waals surface area contributed by atoms with Crippen LogP contribution in [0, 0.1) is 6.92 Å². The molecule has 0 saturated heterocycles. The van der Waals surface area contributed by atoms with Gasteiger partial charge in [0.25, 0.3) is 5.91 Å². The summed E-state index contributed by atoms with van der Waals surface area (Å²) in [5.74, 6) is 2.29. The van der Waals surface area contributed by atoms with Gasteiger partial charge in [0.15, 0.2) is 0 Å². The van der Waals surface area contributed by atoms with Gasteiger partial charge in [0, 0.05) is 34.3 Å². The van der Waals surface area contributed by atoms with Crippen LogP contribution in [0.3, 0.4) is 0 Å². The van der Waals surface area contributed by atoms with Crippen molar-refractivity contribution in [3.8, 4) is 11.5 Å². The monoisotopic (exact) mass is 447 g/mol. The van der Waals surface area contributed by atoms with E-state index in [4.69, 9.17) is 9.47 Å². The minimum Gasteiger partial charge on any atom is -0.497 e. The Morgan fingerprint density at radius 3 is 2.50 bits per heavy atom. The van der Waals surface area contributed by atoms with E-state index in [9.17, 15) is 4.79 Å². The third kappa shape index (κ3) is 5.28. The van der Waals surface area contributed by atoms with Crippen LogP contribution in [0.1, 0.15) is 53.4 Å². The first-order chi connectivity index (χ1) is 15.3. The van der Waals surface area contributed by atoms with Crippen LogP contribution in [-0.4, -0.2) is 18.6 Å². The lowest BCUT2D eigenvalue weighted by atomic mass is 9.89. The summed E-state index contributed by atoms with van der Waals surface area (Å²) in [6.45, 7) is 6.17. The minimum absolute atomic E-state index is 0.0767. The fourth-order valence-electron chi connectivity index (χ4n) is 3.88. The molecule has 1 aliphatic rings. The molecule has 1 aliphatic heterocycles. The Bertz CT molecular complexity index is 1090. The molecule has 0 aromatic heterocycles. The molecule has 1 atom stereocenters. The normalized spacial score (nSPS) is 16.6. The van der Waals surface area contributed by atoms with Crippen LogP contribution in [0.5, 0.6) is 11.5 Å². The molecule has 32 heavy (non-hydrogen) atoms. The molecule has 0 aliphatic carbocycles. The Kier molecular flexibility index (Phi) is 6.47. The standard InChI is InChI=1S/C27H29NO3S/c1-18-5-12-22(13-6-18)32-17-19-7-9-20(10-8-19)26(29)28-24-16-27(2,3)31-25-15-21(30-4)11-14-23(24)25/h5-15,24H,16-17H2,1-4H3,(H,28,29)/t24-/m0/s1. The van der Waals surface area contributed by atoms with Crippen LogP contribution in [-0.2, 0) is 5.75 Å². The highest BCUT2D eigenvalue weighted by Crippen LogP contribution is 2.41. The SMILES string of the molecule is COc1ccc2c(c1)OC(C)(C)C[C@@H]2NC(=O)c1ccc(CSc2ccc(C)cc2)cc1. The van der Waals surface area contributed by atoms with Crippen LogP contribution in [0.25, 0.3) is 0 Å². The number of aryl methyl sites for hydroxylation is 1. The Hall–Kier alpha value is -2.92. The number of nitrogens with one attached hydrogen (secondary N) is 1. The number of carbonyl (C=O) groups excluding carboxylic acids is 1. The molecule has 4 rings (SSSR count). The second-order valence-corrected chi connectivity index (χ2v) is 9.84. The van der Waals surface area contributed by atoms with Crippen LogP contribution < -0.4 is 14.8 Å². The van der Waals surface area contributed by atoms with E-state index in [1.807, 2.05) is 56.3 Å². The van der Waals surface area contributed by atoms with Gasteiger partial charge in [-0.15, -0.1) is 11.8 Å². The van der Waals surface area contributed by atoms with Crippen molar-refractivity contribution in [2.45, 2.75) is 49.5 Å². The van der Waals surface area contributed by atoms with Crippen molar-refractivity contribution >= 4 is 17.7 Å². The van der Waals surface area contributed by atoms with Gasteiger partial charge in [-0.05, 0) is 62.7 Å². The summed E-state index contributed by atoms with van der Waals surface area (Å²) in [6.07, 6.45) is 0.698. The summed E-state index contributed by atoms with van der Waals surface area (Å²) in [7, 11) is 1.64. The van der Waals surface area contributed by atoms with Gasteiger partial charge in [-0.1, -0.05) is 29.8 Å². The van der Waals surface area contributed by atoms with Crippen LogP contribution in [0.4, 0.5) is 0 Å². The van der Waals surface area contributed by atoms with Crippen LogP contribution >= 0.6 is 11.8 Å². The van der Waals surface area contributed by atoms with Crippen molar-refractivity contribution in [2.24, 2.45) is 0 Å². The third-order valence-electron chi connectivity index (χ3n) is 5.63. The van der Waals surface area contributed by atoms with Gasteiger partial charge in [0.1, 0.15) is 17.1 Å². The maximum Gasteiger partial charge on any atom is 0.251 e. The smallest absolute Gasteiger partial charge is 0.251 e. The Balaban J connectivity index is 1.43. The average Bonchev–Trinajstić information content (AvgIpc) is 2.77. The quantitative estimate of drug-likeness (QED) is 0.449. The van der Waals surface area contributed by atoms with E-state index in [0.29, 0.717) is 12.0 Å². The first-order valence-electron chi connectivity index (χ1n) is 10.8. The molecule has 0 fully saturated rings. The molecule has 5 heteroatoms. The van der Waals surface area contributed by atoms with E-state index in [1.165, 1.54) is 16.0 Å². The molecule has 0 radical (unpaired) electrons. The van der Waals surface area contributed by atoms with Crippen molar-refractivity contribution in [1.82, 2.24) is 5.32 Å². The molecule has 3 aromatic carbocycles. The molecule has 4 nitrogen and oxygen atoms in total. The number of amides is 1. The molecule has 166 valence electrons. The fourth-order valence-corrected chi connectivity index (χ4v) is 4.74. The summed E-state index contributed by atoms with van der Waals surface area (Å²) >= 11 is 1.80. The number of thioether (sulfide) groups is 1. The number of carbonyl (C=O) groups is 1. The minimum atomic E-state index is -0.381. The van der Waals surface area contributed by atoms with Gasteiger partial charge in [-0.2, -0.15) is 0 Å². The molecular formula is C27H29NO3S. The zero-order valence-corrected chi connectivity index (χ0v) is 19.8. The topological polar surface area (TPSA) is 47.6 Å². The number of hydrogen-bond donors (Lipinski definition) is 1. The predicted octanol–water partition coefficient (Wildman–Crippen LogP) is 6.33. The van der Waals surface area contributed by atoms with Crippen molar-refractivity contribution in [3.63, 3.8) is 0 Å². The van der Waals surface area contributed by atoms with Gasteiger partial charge >= 0.3 is 0 Å². The van der Waals surface area contributed by atoms with E-state index >= 15 is 0 Å². The van der Waals surface area contributed by atoms with Gasteiger partial charge in [-0.3, -0.25) is 4.79 Å². The lowest BCUT2D eigenvalue weighted by Crippen LogP contribution is -2.41. The van der Waals surface area contributed by atoms with Gasteiger partial charge in [0.2, 0.25) is 0 Å². The highest BCUT2D eigenvalue weighted by Gasteiger charge is 2.35. The molecule has 0 bridgehead atoms. The van der Waals surface area contributed by atoms with Gasteiger partial charge < -0.3 is 14.8 Å². The van der Waals surface area contributed by atoms with E-state index in [0.717, 1.165) is 22.8 Å². The van der Waals surface area contributed by atoms with E-state index < -0.39 is 0 Å². The second kappa shape index (κ2) is 9.29. The summed E-state index contributed by atoms with van der Waals surface area (Å²) in [6, 6.07) is 22.0. The lowest BCUT2D eigenvalue weighted by Gasteiger charge is -2.38. The summed E-state index contributed by atoms with van der Waals surface area (Å²) < 4.78 is 11.5.